The summed E-state index contributed by atoms with van der Waals surface area (Å²) in [7, 11) is 0. The fraction of sp³-hybridized carbons (Fsp3) is 0.400. The number of carboxylic acids is 1. The summed E-state index contributed by atoms with van der Waals surface area (Å²) in [5, 5.41) is 12.0. The van der Waals surface area contributed by atoms with Crippen molar-refractivity contribution in [2.24, 2.45) is 5.92 Å². The molecule has 7 nitrogen and oxygen atoms in total. The number of likely N-dealkylation sites (tertiary alicyclic amines) is 1. The predicted octanol–water partition coefficient (Wildman–Crippen LogP) is 3.63. The normalized spacial score (nSPS) is 19.7. The van der Waals surface area contributed by atoms with Crippen LogP contribution in [0, 0.1) is 5.92 Å². The molecule has 168 valence electrons. The van der Waals surface area contributed by atoms with Gasteiger partial charge in [0.25, 0.3) is 0 Å². The maximum atomic E-state index is 12.5. The second kappa shape index (κ2) is 9.42. The molecule has 1 heterocycles. The molecule has 4 rings (SSSR count). The fourth-order valence-corrected chi connectivity index (χ4v) is 4.89. The zero-order valence-electron chi connectivity index (χ0n) is 18.1. The quantitative estimate of drug-likeness (QED) is 0.721. The van der Waals surface area contributed by atoms with Crippen LogP contribution in [0.25, 0.3) is 11.1 Å². The van der Waals surface area contributed by atoms with Crippen molar-refractivity contribution in [1.82, 2.24) is 10.2 Å². The lowest BCUT2D eigenvalue weighted by Crippen LogP contribution is -2.49. The van der Waals surface area contributed by atoms with Gasteiger partial charge in [-0.15, -0.1) is 0 Å². The van der Waals surface area contributed by atoms with Crippen molar-refractivity contribution >= 4 is 18.0 Å². The lowest BCUT2D eigenvalue weighted by molar-refractivity contribution is -0.149. The molecule has 7 heteroatoms. The van der Waals surface area contributed by atoms with Crippen molar-refractivity contribution in [3.8, 4) is 11.1 Å². The Morgan fingerprint density at radius 3 is 2.31 bits per heavy atom. The van der Waals surface area contributed by atoms with E-state index in [0.717, 1.165) is 22.3 Å². The Morgan fingerprint density at radius 1 is 1.06 bits per heavy atom. The average Bonchev–Trinajstić information content (AvgIpc) is 3.11. The third-order valence-corrected chi connectivity index (χ3v) is 6.58. The van der Waals surface area contributed by atoms with Crippen LogP contribution in [0.5, 0.6) is 0 Å². The summed E-state index contributed by atoms with van der Waals surface area (Å²) in [6.45, 7) is 2.69. The molecule has 2 amide bonds. The van der Waals surface area contributed by atoms with E-state index in [4.69, 9.17) is 4.74 Å². The second-order valence-corrected chi connectivity index (χ2v) is 8.42. The summed E-state index contributed by atoms with van der Waals surface area (Å²) in [5.74, 6) is -1.58. The minimum absolute atomic E-state index is 0.0167. The zero-order valence-corrected chi connectivity index (χ0v) is 18.1. The molecular weight excluding hydrogens is 408 g/mol. The minimum atomic E-state index is -0.869. The molecule has 32 heavy (non-hydrogen) atoms. The maximum absolute atomic E-state index is 12.5. The van der Waals surface area contributed by atoms with Gasteiger partial charge < -0.3 is 20.1 Å². The van der Waals surface area contributed by atoms with Crippen LogP contribution in [0.4, 0.5) is 4.79 Å². The SMILES string of the molecule is C[C@H]1[C@@H](C(=O)O)CCCN1C(=O)CCNC(=O)OCC1c2ccccc2-c2ccccc21. The van der Waals surface area contributed by atoms with Gasteiger partial charge in [0, 0.05) is 31.5 Å². The Bertz CT molecular complexity index is 975. The number of carbonyl (C=O) groups excluding carboxylic acids is 2. The number of carbonyl (C=O) groups is 3. The molecule has 1 aliphatic carbocycles. The molecule has 0 spiro atoms. The van der Waals surface area contributed by atoms with Crippen molar-refractivity contribution < 1.29 is 24.2 Å². The summed E-state index contributed by atoms with van der Waals surface area (Å²) in [6.07, 6.45) is 0.807. The van der Waals surface area contributed by atoms with Crippen molar-refractivity contribution in [3.05, 3.63) is 59.7 Å². The highest BCUT2D eigenvalue weighted by Gasteiger charge is 2.35. The zero-order chi connectivity index (χ0) is 22.7. The Kier molecular flexibility index (Phi) is 6.44. The van der Waals surface area contributed by atoms with E-state index < -0.39 is 18.0 Å². The third kappa shape index (κ3) is 4.33. The summed E-state index contributed by atoms with van der Waals surface area (Å²) in [4.78, 5) is 37.8. The average molecular weight is 437 g/mol. The van der Waals surface area contributed by atoms with E-state index in [9.17, 15) is 19.5 Å². The molecule has 2 N–H and O–H groups in total. The van der Waals surface area contributed by atoms with E-state index in [1.807, 2.05) is 24.3 Å². The number of fused-ring (bicyclic) bond motifs is 3. The highest BCUT2D eigenvalue weighted by molar-refractivity contribution is 5.80. The molecule has 1 saturated heterocycles. The van der Waals surface area contributed by atoms with E-state index in [1.165, 1.54) is 0 Å². The predicted molar refractivity (Wildman–Crippen MR) is 119 cm³/mol. The highest BCUT2D eigenvalue weighted by Crippen LogP contribution is 2.44. The Hall–Kier alpha value is -3.35. The summed E-state index contributed by atoms with van der Waals surface area (Å²) in [5.41, 5.74) is 4.61. The van der Waals surface area contributed by atoms with Gasteiger partial charge in [0.05, 0.1) is 5.92 Å². The third-order valence-electron chi connectivity index (χ3n) is 6.58. The topological polar surface area (TPSA) is 95.9 Å². The van der Waals surface area contributed by atoms with Crippen molar-refractivity contribution in [1.29, 1.82) is 0 Å². The number of rotatable bonds is 6. The molecule has 0 saturated carbocycles. The Morgan fingerprint density at radius 2 is 1.69 bits per heavy atom. The van der Waals surface area contributed by atoms with E-state index in [-0.39, 0.29) is 37.4 Å². The Labute approximate surface area is 187 Å². The number of benzene rings is 2. The first kappa shape index (κ1) is 21.9. The van der Waals surface area contributed by atoms with Crippen molar-refractivity contribution in [3.63, 3.8) is 0 Å². The Balaban J connectivity index is 1.27. The minimum Gasteiger partial charge on any atom is -0.481 e. The number of hydrogen-bond acceptors (Lipinski definition) is 4. The van der Waals surface area contributed by atoms with Crippen LogP contribution in [0.2, 0.25) is 0 Å². The van der Waals surface area contributed by atoms with Gasteiger partial charge in [-0.1, -0.05) is 48.5 Å². The lowest BCUT2D eigenvalue weighted by Gasteiger charge is -2.37. The molecule has 0 unspecified atom stereocenters. The molecule has 1 aliphatic heterocycles. The standard InChI is InChI=1S/C25H28N2O5/c1-16-17(24(29)30)11-6-14-27(16)23(28)12-13-26-25(31)32-15-22-20-9-4-2-7-18(20)19-8-3-5-10-21(19)22/h2-5,7-10,16-17,22H,6,11-15H2,1H3,(H,26,31)(H,29,30)/t16-,17-/m0/s1. The maximum Gasteiger partial charge on any atom is 0.407 e. The first-order valence-corrected chi connectivity index (χ1v) is 11.1. The smallest absolute Gasteiger partial charge is 0.407 e. The molecule has 2 aliphatic rings. The number of alkyl carbamates (subject to hydrolysis) is 1. The van der Waals surface area contributed by atoms with E-state index in [2.05, 4.69) is 29.6 Å². The number of carboxylic acid groups (broad SMARTS) is 1. The summed E-state index contributed by atoms with van der Waals surface area (Å²) >= 11 is 0. The van der Waals surface area contributed by atoms with Crippen LogP contribution in [-0.4, -0.2) is 53.7 Å². The van der Waals surface area contributed by atoms with E-state index in [0.29, 0.717) is 19.4 Å². The van der Waals surface area contributed by atoms with E-state index >= 15 is 0 Å². The number of amides is 2. The summed E-state index contributed by atoms with van der Waals surface area (Å²) < 4.78 is 5.48. The molecule has 2 atom stereocenters. The number of hydrogen-bond donors (Lipinski definition) is 2. The monoisotopic (exact) mass is 436 g/mol. The van der Waals surface area contributed by atoms with Crippen LogP contribution >= 0.6 is 0 Å². The van der Waals surface area contributed by atoms with Gasteiger partial charge >= 0.3 is 12.1 Å². The number of ether oxygens (including phenoxy) is 1. The molecule has 0 aromatic heterocycles. The highest BCUT2D eigenvalue weighted by atomic mass is 16.5. The number of nitrogens with zero attached hydrogens (tertiary/aromatic N) is 1. The van der Waals surface area contributed by atoms with Crippen LogP contribution in [-0.2, 0) is 14.3 Å². The lowest BCUT2D eigenvalue weighted by atomic mass is 9.90. The largest absolute Gasteiger partial charge is 0.481 e. The number of nitrogens with one attached hydrogen (secondary N) is 1. The molecule has 2 aromatic carbocycles. The molecule has 2 aromatic rings. The van der Waals surface area contributed by atoms with E-state index in [1.54, 1.807) is 11.8 Å². The molecule has 0 bridgehead atoms. The van der Waals surface area contributed by atoms with Gasteiger partial charge in [-0.05, 0) is 42.0 Å². The van der Waals surface area contributed by atoms with Gasteiger partial charge in [0.2, 0.25) is 5.91 Å². The number of piperidine rings is 1. The molecule has 0 radical (unpaired) electrons. The van der Waals surface area contributed by atoms with Gasteiger partial charge in [0.1, 0.15) is 6.61 Å². The van der Waals surface area contributed by atoms with Crippen LogP contribution < -0.4 is 5.32 Å². The van der Waals surface area contributed by atoms with Gasteiger partial charge in [0.15, 0.2) is 0 Å². The van der Waals surface area contributed by atoms with Crippen molar-refractivity contribution in [2.45, 2.75) is 38.1 Å². The second-order valence-electron chi connectivity index (χ2n) is 8.42. The van der Waals surface area contributed by atoms with Crippen LogP contribution in [0.1, 0.15) is 43.2 Å². The van der Waals surface area contributed by atoms with Gasteiger partial charge in [-0.25, -0.2) is 4.79 Å². The molecular formula is C25H28N2O5. The van der Waals surface area contributed by atoms with Crippen LogP contribution in [0.3, 0.4) is 0 Å². The first-order valence-electron chi connectivity index (χ1n) is 11.1. The fourth-order valence-electron chi connectivity index (χ4n) is 4.89. The molecule has 1 fully saturated rings. The first-order chi connectivity index (χ1) is 15.5. The van der Waals surface area contributed by atoms with Crippen molar-refractivity contribution in [2.75, 3.05) is 19.7 Å². The summed E-state index contributed by atoms with van der Waals surface area (Å²) in [6, 6.07) is 15.9. The van der Waals surface area contributed by atoms with Gasteiger partial charge in [-0.3, -0.25) is 9.59 Å². The van der Waals surface area contributed by atoms with Crippen LogP contribution in [0.15, 0.2) is 48.5 Å². The van der Waals surface area contributed by atoms with Gasteiger partial charge in [-0.2, -0.15) is 0 Å². The number of aliphatic carboxylic acids is 1.